The van der Waals surface area contributed by atoms with Gasteiger partial charge >= 0.3 is 0 Å². The van der Waals surface area contributed by atoms with E-state index in [9.17, 15) is 4.39 Å². The van der Waals surface area contributed by atoms with Crippen LogP contribution in [0.25, 0.3) is 0 Å². The van der Waals surface area contributed by atoms with E-state index >= 15 is 0 Å². The zero-order valence-electron chi connectivity index (χ0n) is 8.56. The number of hydrogen-bond donors (Lipinski definition) is 2. The van der Waals surface area contributed by atoms with E-state index in [2.05, 4.69) is 0 Å². The molecule has 0 amide bonds. The molecule has 1 atom stereocenters. The van der Waals surface area contributed by atoms with Crippen LogP contribution < -0.4 is 0 Å². The van der Waals surface area contributed by atoms with Crippen LogP contribution in [0.5, 0.6) is 0 Å². The van der Waals surface area contributed by atoms with Gasteiger partial charge in [-0.15, -0.1) is 0 Å². The standard InChI is InChI=1S/C11H12FNO2S/c12-11-3-8(4-13)1-2-9(11)6-16-7-10(15)5-14/h1-3,10,14-15H,5-7H2. The molecule has 2 N–H and O–H groups in total. The summed E-state index contributed by atoms with van der Waals surface area (Å²) >= 11 is 1.33. The molecular formula is C11H12FNO2S. The molecule has 0 heterocycles. The molecule has 0 fully saturated rings. The van der Waals surface area contributed by atoms with Crippen LogP contribution in [-0.4, -0.2) is 28.7 Å². The molecule has 86 valence electrons. The van der Waals surface area contributed by atoms with Crippen LogP contribution in [0.2, 0.25) is 0 Å². The number of aliphatic hydroxyl groups excluding tert-OH is 2. The second-order valence-electron chi connectivity index (χ2n) is 3.27. The van der Waals surface area contributed by atoms with Gasteiger partial charge < -0.3 is 10.2 Å². The number of nitrogens with zero attached hydrogens (tertiary/aromatic N) is 1. The molecular weight excluding hydrogens is 229 g/mol. The lowest BCUT2D eigenvalue weighted by Gasteiger charge is -2.07. The Morgan fingerprint density at radius 3 is 2.81 bits per heavy atom. The van der Waals surface area contributed by atoms with Gasteiger partial charge in [-0.3, -0.25) is 0 Å². The van der Waals surface area contributed by atoms with Crippen molar-refractivity contribution in [3.05, 3.63) is 35.1 Å². The minimum Gasteiger partial charge on any atom is -0.394 e. The van der Waals surface area contributed by atoms with E-state index in [1.165, 1.54) is 17.8 Å². The summed E-state index contributed by atoms with van der Waals surface area (Å²) in [5, 5.41) is 26.2. The minimum absolute atomic E-state index is 0.289. The molecule has 0 bridgehead atoms. The zero-order valence-corrected chi connectivity index (χ0v) is 9.38. The molecule has 0 saturated heterocycles. The Kier molecular flexibility index (Phi) is 5.26. The van der Waals surface area contributed by atoms with Gasteiger partial charge in [0.05, 0.1) is 24.3 Å². The van der Waals surface area contributed by atoms with Crippen molar-refractivity contribution in [1.29, 1.82) is 5.26 Å². The van der Waals surface area contributed by atoms with Gasteiger partial charge in [0.1, 0.15) is 5.82 Å². The molecule has 5 heteroatoms. The maximum Gasteiger partial charge on any atom is 0.128 e. The molecule has 1 aromatic rings. The summed E-state index contributed by atoms with van der Waals surface area (Å²) in [5.41, 5.74) is 0.788. The molecule has 16 heavy (non-hydrogen) atoms. The van der Waals surface area contributed by atoms with Crippen LogP contribution in [0, 0.1) is 17.1 Å². The lowest BCUT2D eigenvalue weighted by molar-refractivity contribution is 0.113. The Labute approximate surface area is 97.5 Å². The van der Waals surface area contributed by atoms with Gasteiger partial charge in [0.25, 0.3) is 0 Å². The van der Waals surface area contributed by atoms with Crippen molar-refractivity contribution in [3.63, 3.8) is 0 Å². The summed E-state index contributed by atoms with van der Waals surface area (Å²) in [6, 6.07) is 6.17. The molecule has 0 aromatic heterocycles. The molecule has 0 aliphatic carbocycles. The van der Waals surface area contributed by atoms with Crippen molar-refractivity contribution in [1.82, 2.24) is 0 Å². The molecule has 0 aliphatic heterocycles. The number of nitriles is 1. The fourth-order valence-electron chi connectivity index (χ4n) is 1.09. The van der Waals surface area contributed by atoms with Gasteiger partial charge in [-0.2, -0.15) is 17.0 Å². The maximum absolute atomic E-state index is 13.4. The largest absolute Gasteiger partial charge is 0.394 e. The second-order valence-corrected chi connectivity index (χ2v) is 4.30. The average Bonchev–Trinajstić information content (AvgIpc) is 2.30. The van der Waals surface area contributed by atoms with Crippen molar-refractivity contribution >= 4 is 11.8 Å². The smallest absolute Gasteiger partial charge is 0.128 e. The van der Waals surface area contributed by atoms with Crippen LogP contribution in [0.3, 0.4) is 0 Å². The minimum atomic E-state index is -0.772. The van der Waals surface area contributed by atoms with Gasteiger partial charge in [-0.25, -0.2) is 4.39 Å². The fraction of sp³-hybridized carbons (Fsp3) is 0.364. The molecule has 0 saturated carbocycles. The van der Waals surface area contributed by atoms with Gasteiger partial charge in [0.2, 0.25) is 0 Å². The predicted octanol–water partition coefficient (Wildman–Crippen LogP) is 1.28. The number of hydrogen-bond acceptors (Lipinski definition) is 4. The Morgan fingerprint density at radius 2 is 2.25 bits per heavy atom. The summed E-state index contributed by atoms with van der Waals surface area (Å²) < 4.78 is 13.4. The number of benzene rings is 1. The predicted molar refractivity (Wildman–Crippen MR) is 60.4 cm³/mol. The molecule has 3 nitrogen and oxygen atoms in total. The van der Waals surface area contributed by atoms with Gasteiger partial charge in [0, 0.05) is 11.5 Å². The first-order valence-corrected chi connectivity index (χ1v) is 5.88. The average molecular weight is 241 g/mol. The molecule has 0 aliphatic rings. The van der Waals surface area contributed by atoms with Crippen LogP contribution in [0.1, 0.15) is 11.1 Å². The first kappa shape index (κ1) is 13.0. The number of halogens is 1. The Morgan fingerprint density at radius 1 is 1.50 bits per heavy atom. The lowest BCUT2D eigenvalue weighted by Crippen LogP contribution is -2.14. The van der Waals surface area contributed by atoms with Gasteiger partial charge in [-0.05, 0) is 17.7 Å². The summed E-state index contributed by atoms with van der Waals surface area (Å²) in [7, 11) is 0. The molecule has 1 aromatic carbocycles. The number of rotatable bonds is 5. The van der Waals surface area contributed by atoms with Crippen molar-refractivity contribution < 1.29 is 14.6 Å². The normalized spacial score (nSPS) is 12.1. The number of thioether (sulfide) groups is 1. The Hall–Kier alpha value is -1.09. The third-order valence-electron chi connectivity index (χ3n) is 1.96. The van der Waals surface area contributed by atoms with Crippen LogP contribution in [0.4, 0.5) is 4.39 Å². The first-order chi connectivity index (χ1) is 7.67. The van der Waals surface area contributed by atoms with E-state index in [0.29, 0.717) is 22.6 Å². The van der Waals surface area contributed by atoms with Crippen molar-refractivity contribution in [2.45, 2.75) is 11.9 Å². The van der Waals surface area contributed by atoms with E-state index in [1.807, 2.05) is 6.07 Å². The van der Waals surface area contributed by atoms with E-state index in [0.717, 1.165) is 0 Å². The van der Waals surface area contributed by atoms with E-state index in [1.54, 1.807) is 12.1 Å². The molecule has 0 spiro atoms. The topological polar surface area (TPSA) is 64.2 Å². The first-order valence-electron chi connectivity index (χ1n) is 4.72. The second kappa shape index (κ2) is 6.48. The van der Waals surface area contributed by atoms with Crippen molar-refractivity contribution in [2.24, 2.45) is 0 Å². The summed E-state index contributed by atoms with van der Waals surface area (Å²) in [4.78, 5) is 0. The third kappa shape index (κ3) is 3.81. The zero-order chi connectivity index (χ0) is 12.0. The molecule has 1 rings (SSSR count). The van der Waals surface area contributed by atoms with E-state index in [-0.39, 0.29) is 6.61 Å². The van der Waals surface area contributed by atoms with Gasteiger partial charge in [0.15, 0.2) is 0 Å². The van der Waals surface area contributed by atoms with Gasteiger partial charge in [-0.1, -0.05) is 6.07 Å². The molecule has 0 radical (unpaired) electrons. The van der Waals surface area contributed by atoms with Crippen molar-refractivity contribution in [3.8, 4) is 6.07 Å². The van der Waals surface area contributed by atoms with E-state index < -0.39 is 11.9 Å². The van der Waals surface area contributed by atoms with Crippen LogP contribution in [0.15, 0.2) is 18.2 Å². The monoisotopic (exact) mass is 241 g/mol. The highest BCUT2D eigenvalue weighted by Crippen LogP contribution is 2.17. The van der Waals surface area contributed by atoms with E-state index in [4.69, 9.17) is 15.5 Å². The third-order valence-corrected chi connectivity index (χ3v) is 3.10. The SMILES string of the molecule is N#Cc1ccc(CSCC(O)CO)c(F)c1. The van der Waals surface area contributed by atoms with Crippen molar-refractivity contribution in [2.75, 3.05) is 12.4 Å². The number of aliphatic hydroxyl groups is 2. The maximum atomic E-state index is 13.4. The summed E-state index contributed by atoms with van der Waals surface area (Å²) in [6.45, 7) is -0.289. The summed E-state index contributed by atoms with van der Waals surface area (Å²) in [5.74, 6) is 0.356. The highest BCUT2D eigenvalue weighted by atomic mass is 32.2. The summed E-state index contributed by atoms with van der Waals surface area (Å²) in [6.07, 6.45) is -0.772. The Bertz CT molecular complexity index is 392. The quantitative estimate of drug-likeness (QED) is 0.815. The fourth-order valence-corrected chi connectivity index (χ4v) is 2.04. The van der Waals surface area contributed by atoms with Crippen LogP contribution in [-0.2, 0) is 5.75 Å². The molecule has 1 unspecified atom stereocenters. The highest BCUT2D eigenvalue weighted by Gasteiger charge is 2.06. The Balaban J connectivity index is 2.52. The highest BCUT2D eigenvalue weighted by molar-refractivity contribution is 7.98. The lowest BCUT2D eigenvalue weighted by atomic mass is 10.1. The van der Waals surface area contributed by atoms with Crippen LogP contribution >= 0.6 is 11.8 Å².